The van der Waals surface area contributed by atoms with Gasteiger partial charge in [-0.05, 0) is 54.4 Å². The largest absolute Gasteiger partial charge is 0.493 e. The number of nitrogens with zero attached hydrogens (tertiary/aromatic N) is 1. The number of ether oxygens (including phenoxy) is 2. The molecule has 0 spiro atoms. The fraction of sp³-hybridized carbons (Fsp3) is 0.158. The third-order valence-corrected chi connectivity index (χ3v) is 4.23. The average Bonchev–Trinajstić information content (AvgIpc) is 2.63. The molecule has 7 heteroatoms. The van der Waals surface area contributed by atoms with Gasteiger partial charge in [0.15, 0.2) is 11.5 Å². The number of rotatable bonds is 7. The second-order valence-corrected chi connectivity index (χ2v) is 6.15. The van der Waals surface area contributed by atoms with Crippen molar-refractivity contribution in [3.05, 3.63) is 64.7 Å². The molecule has 0 unspecified atom stereocenters. The van der Waals surface area contributed by atoms with E-state index >= 15 is 0 Å². The number of hydrogen-bond donors (Lipinski definition) is 2. The Hall–Kier alpha value is -2.80. The third kappa shape index (κ3) is 5.63. The van der Waals surface area contributed by atoms with E-state index in [0.29, 0.717) is 23.8 Å². The highest BCUT2D eigenvalue weighted by Gasteiger charge is 2.05. The summed E-state index contributed by atoms with van der Waals surface area (Å²) < 4.78 is 11.8. The lowest BCUT2D eigenvalue weighted by atomic mass is 10.2. The quantitative estimate of drug-likeness (QED) is 0.396. The molecule has 136 valence electrons. The Morgan fingerprint density at radius 3 is 2.77 bits per heavy atom. The minimum atomic E-state index is -0.430. The van der Waals surface area contributed by atoms with Crippen LogP contribution < -0.4 is 20.2 Å². The molecule has 0 bridgehead atoms. The molecule has 0 fully saturated rings. The van der Waals surface area contributed by atoms with Crippen molar-refractivity contribution < 1.29 is 14.3 Å². The standard InChI is InChI=1S/C19H20BrN3O3/c1-4-9-26-17-8-5-14(11-18(17)25-3)12-21-23-19(24)22-15-6-7-16(20)13(2)10-15/h4-8,10-12H,1,9H2,2-3H3,(H2,22,23,24)/b21-12+. The molecule has 0 radical (unpaired) electrons. The Morgan fingerprint density at radius 1 is 1.27 bits per heavy atom. The van der Waals surface area contributed by atoms with Gasteiger partial charge in [0.05, 0.1) is 13.3 Å². The Bertz CT molecular complexity index is 822. The molecule has 0 aliphatic heterocycles. The van der Waals surface area contributed by atoms with Gasteiger partial charge in [-0.15, -0.1) is 0 Å². The maximum absolute atomic E-state index is 11.9. The highest BCUT2D eigenvalue weighted by atomic mass is 79.9. The van der Waals surface area contributed by atoms with E-state index in [-0.39, 0.29) is 0 Å². The first-order chi connectivity index (χ1) is 12.5. The van der Waals surface area contributed by atoms with E-state index in [2.05, 4.69) is 38.4 Å². The summed E-state index contributed by atoms with van der Waals surface area (Å²) in [6, 6.07) is 10.4. The summed E-state index contributed by atoms with van der Waals surface area (Å²) in [4.78, 5) is 11.9. The lowest BCUT2D eigenvalue weighted by molar-refractivity contribution is 0.252. The smallest absolute Gasteiger partial charge is 0.339 e. The molecule has 2 aromatic rings. The predicted octanol–water partition coefficient (Wildman–Crippen LogP) is 4.49. The summed E-state index contributed by atoms with van der Waals surface area (Å²) in [5, 5.41) is 6.65. The van der Waals surface area contributed by atoms with Gasteiger partial charge in [-0.3, -0.25) is 0 Å². The normalized spacial score (nSPS) is 10.4. The van der Waals surface area contributed by atoms with Gasteiger partial charge in [-0.2, -0.15) is 5.10 Å². The SMILES string of the molecule is C=CCOc1ccc(/C=N/NC(=O)Nc2ccc(Br)c(C)c2)cc1OC. The third-order valence-electron chi connectivity index (χ3n) is 3.34. The van der Waals surface area contributed by atoms with Crippen LogP contribution in [0.5, 0.6) is 11.5 Å². The number of urea groups is 1. The maximum Gasteiger partial charge on any atom is 0.339 e. The number of benzene rings is 2. The highest BCUT2D eigenvalue weighted by molar-refractivity contribution is 9.10. The van der Waals surface area contributed by atoms with Crippen molar-refractivity contribution in [3.63, 3.8) is 0 Å². The summed E-state index contributed by atoms with van der Waals surface area (Å²) in [6.07, 6.45) is 3.18. The van der Waals surface area contributed by atoms with Crippen LogP contribution in [0.15, 0.2) is 58.6 Å². The second-order valence-electron chi connectivity index (χ2n) is 5.30. The Kier molecular flexibility index (Phi) is 7.23. The highest BCUT2D eigenvalue weighted by Crippen LogP contribution is 2.27. The number of halogens is 1. The number of carbonyl (C=O) groups is 1. The fourth-order valence-electron chi connectivity index (χ4n) is 2.08. The fourth-order valence-corrected chi connectivity index (χ4v) is 2.33. The zero-order chi connectivity index (χ0) is 18.9. The van der Waals surface area contributed by atoms with E-state index in [9.17, 15) is 4.79 Å². The summed E-state index contributed by atoms with van der Waals surface area (Å²) in [5.41, 5.74) is 4.89. The van der Waals surface area contributed by atoms with Crippen molar-refractivity contribution in [1.29, 1.82) is 0 Å². The zero-order valence-corrected chi connectivity index (χ0v) is 16.2. The zero-order valence-electron chi connectivity index (χ0n) is 14.6. The number of anilines is 1. The van der Waals surface area contributed by atoms with Crippen LogP contribution in [0, 0.1) is 6.92 Å². The van der Waals surface area contributed by atoms with Crippen LogP contribution in [0.25, 0.3) is 0 Å². The van der Waals surface area contributed by atoms with E-state index in [1.165, 1.54) is 6.21 Å². The number of amides is 2. The minimum absolute atomic E-state index is 0.390. The van der Waals surface area contributed by atoms with Crippen LogP contribution >= 0.6 is 15.9 Å². The van der Waals surface area contributed by atoms with Crippen LogP contribution in [-0.2, 0) is 0 Å². The van der Waals surface area contributed by atoms with E-state index in [1.807, 2.05) is 25.1 Å². The molecule has 0 aliphatic carbocycles. The molecule has 0 aromatic heterocycles. The Morgan fingerprint density at radius 2 is 2.08 bits per heavy atom. The number of hydrogen-bond acceptors (Lipinski definition) is 4. The first-order valence-electron chi connectivity index (χ1n) is 7.81. The number of carbonyl (C=O) groups excluding carboxylic acids is 1. The summed E-state index contributed by atoms with van der Waals surface area (Å²) in [6.45, 7) is 5.94. The van der Waals surface area contributed by atoms with Gasteiger partial charge in [0.25, 0.3) is 0 Å². The van der Waals surface area contributed by atoms with Crippen molar-refractivity contribution in [2.45, 2.75) is 6.92 Å². The molecule has 26 heavy (non-hydrogen) atoms. The lowest BCUT2D eigenvalue weighted by Crippen LogP contribution is -2.24. The van der Waals surface area contributed by atoms with Crippen LogP contribution in [0.3, 0.4) is 0 Å². The van der Waals surface area contributed by atoms with E-state index < -0.39 is 6.03 Å². The van der Waals surface area contributed by atoms with Crippen molar-refractivity contribution in [2.75, 3.05) is 19.0 Å². The van der Waals surface area contributed by atoms with Crippen LogP contribution in [0.1, 0.15) is 11.1 Å². The molecule has 0 saturated heterocycles. The monoisotopic (exact) mass is 417 g/mol. The van der Waals surface area contributed by atoms with Crippen molar-refractivity contribution >= 4 is 33.9 Å². The predicted molar refractivity (Wildman–Crippen MR) is 107 cm³/mol. The summed E-state index contributed by atoms with van der Waals surface area (Å²) in [7, 11) is 1.56. The molecule has 2 N–H and O–H groups in total. The number of methoxy groups -OCH3 is 1. The van der Waals surface area contributed by atoms with Crippen molar-refractivity contribution in [1.82, 2.24) is 5.43 Å². The van der Waals surface area contributed by atoms with Gasteiger partial charge in [0.1, 0.15) is 6.61 Å². The maximum atomic E-state index is 11.9. The first-order valence-corrected chi connectivity index (χ1v) is 8.60. The molecule has 0 saturated carbocycles. The van der Waals surface area contributed by atoms with Gasteiger partial charge in [0.2, 0.25) is 0 Å². The van der Waals surface area contributed by atoms with Gasteiger partial charge in [-0.25, -0.2) is 10.2 Å². The average molecular weight is 418 g/mol. The first kappa shape index (κ1) is 19.5. The summed E-state index contributed by atoms with van der Waals surface area (Å²) in [5.74, 6) is 1.19. The van der Waals surface area contributed by atoms with E-state index in [1.54, 1.807) is 31.4 Å². The van der Waals surface area contributed by atoms with E-state index in [0.717, 1.165) is 15.6 Å². The molecule has 0 aliphatic rings. The molecular formula is C19H20BrN3O3. The number of aryl methyl sites for hydroxylation is 1. The molecule has 0 atom stereocenters. The molecule has 2 amide bonds. The topological polar surface area (TPSA) is 72.0 Å². The molecular weight excluding hydrogens is 398 g/mol. The van der Waals surface area contributed by atoms with Gasteiger partial charge >= 0.3 is 6.03 Å². The van der Waals surface area contributed by atoms with Gasteiger partial charge < -0.3 is 14.8 Å². The molecule has 2 rings (SSSR count). The molecule has 6 nitrogen and oxygen atoms in total. The Labute approximate surface area is 161 Å². The Balaban J connectivity index is 1.95. The van der Waals surface area contributed by atoms with Crippen LogP contribution in [0.4, 0.5) is 10.5 Å². The van der Waals surface area contributed by atoms with Crippen LogP contribution in [-0.4, -0.2) is 26.0 Å². The van der Waals surface area contributed by atoms with Crippen molar-refractivity contribution in [3.8, 4) is 11.5 Å². The molecule has 0 heterocycles. The van der Waals surface area contributed by atoms with Crippen LogP contribution in [0.2, 0.25) is 0 Å². The lowest BCUT2D eigenvalue weighted by Gasteiger charge is -2.09. The second kappa shape index (κ2) is 9.62. The number of nitrogens with one attached hydrogen (secondary N) is 2. The van der Waals surface area contributed by atoms with Gasteiger partial charge in [-0.1, -0.05) is 28.6 Å². The summed E-state index contributed by atoms with van der Waals surface area (Å²) >= 11 is 3.42. The van der Waals surface area contributed by atoms with Gasteiger partial charge in [0, 0.05) is 10.2 Å². The van der Waals surface area contributed by atoms with E-state index in [4.69, 9.17) is 9.47 Å². The minimum Gasteiger partial charge on any atom is -0.493 e. The van der Waals surface area contributed by atoms with Crippen molar-refractivity contribution in [2.24, 2.45) is 5.10 Å². The molecule has 2 aromatic carbocycles. The number of hydrazone groups is 1.